The van der Waals surface area contributed by atoms with Crippen LogP contribution < -0.4 is 0 Å². The molecule has 0 spiro atoms. The zero-order valence-electron chi connectivity index (χ0n) is 14.8. The summed E-state index contributed by atoms with van der Waals surface area (Å²) in [5.41, 5.74) is 0.948. The van der Waals surface area contributed by atoms with Gasteiger partial charge in [-0.05, 0) is 43.3 Å². The molecule has 4 heterocycles. The number of nitrogens with zero attached hydrogens (tertiary/aromatic N) is 4. The van der Waals surface area contributed by atoms with Crippen molar-refractivity contribution in [2.75, 3.05) is 0 Å². The highest BCUT2D eigenvalue weighted by molar-refractivity contribution is 7.98. The molecule has 1 aliphatic carbocycles. The van der Waals surface area contributed by atoms with Crippen LogP contribution in [0, 0.1) is 6.92 Å². The number of oxazole rings is 1. The number of hydrogen-bond acceptors (Lipinski definition) is 7. The third kappa shape index (κ3) is 3.46. The Bertz CT molecular complexity index is 1030. The van der Waals surface area contributed by atoms with Gasteiger partial charge in [-0.2, -0.15) is 0 Å². The van der Waals surface area contributed by atoms with Crippen LogP contribution in [0.15, 0.2) is 49.9 Å². The zero-order chi connectivity index (χ0) is 18.2. The van der Waals surface area contributed by atoms with Crippen LogP contribution >= 0.6 is 23.1 Å². The summed E-state index contributed by atoms with van der Waals surface area (Å²) in [6, 6.07) is 7.92. The minimum absolute atomic E-state index is 0.529. The van der Waals surface area contributed by atoms with Crippen LogP contribution in [0.4, 0.5) is 0 Å². The van der Waals surface area contributed by atoms with E-state index < -0.39 is 0 Å². The van der Waals surface area contributed by atoms with E-state index in [4.69, 9.17) is 8.83 Å². The average Bonchev–Trinajstić information content (AvgIpc) is 3.12. The molecule has 27 heavy (non-hydrogen) atoms. The molecule has 5 rings (SSSR count). The van der Waals surface area contributed by atoms with Crippen molar-refractivity contribution in [3.63, 3.8) is 0 Å². The molecule has 6 nitrogen and oxygen atoms in total. The summed E-state index contributed by atoms with van der Waals surface area (Å²) < 4.78 is 13.6. The fraction of sp³-hybridized carbons (Fsp3) is 0.316. The average molecular weight is 399 g/mol. The number of thiophene rings is 1. The Morgan fingerprint density at radius 3 is 2.93 bits per heavy atom. The van der Waals surface area contributed by atoms with Gasteiger partial charge in [0.1, 0.15) is 17.3 Å². The van der Waals surface area contributed by atoms with Gasteiger partial charge in [-0.25, -0.2) is 4.98 Å². The summed E-state index contributed by atoms with van der Waals surface area (Å²) in [5.74, 6) is 4.74. The van der Waals surface area contributed by atoms with Gasteiger partial charge in [0.05, 0.1) is 23.4 Å². The zero-order valence-corrected chi connectivity index (χ0v) is 16.4. The molecule has 1 fully saturated rings. The molecule has 1 aliphatic rings. The molecule has 8 heteroatoms. The molecule has 0 unspecified atom stereocenters. The number of furan rings is 1. The minimum Gasteiger partial charge on any atom is -0.467 e. The second kappa shape index (κ2) is 7.01. The van der Waals surface area contributed by atoms with Gasteiger partial charge in [0.15, 0.2) is 5.16 Å². The quantitative estimate of drug-likeness (QED) is 0.403. The van der Waals surface area contributed by atoms with Crippen molar-refractivity contribution < 1.29 is 8.83 Å². The topological polar surface area (TPSA) is 69.9 Å². The molecular formula is C19H18N4O2S2. The molecule has 0 bridgehead atoms. The number of rotatable bonds is 7. The molecule has 0 saturated heterocycles. The van der Waals surface area contributed by atoms with Crippen LogP contribution in [0.1, 0.15) is 41.8 Å². The molecule has 0 aliphatic heterocycles. The van der Waals surface area contributed by atoms with E-state index in [0.717, 1.165) is 33.1 Å². The summed E-state index contributed by atoms with van der Waals surface area (Å²) in [6.07, 6.45) is 4.08. The van der Waals surface area contributed by atoms with Crippen LogP contribution in [-0.4, -0.2) is 19.7 Å². The van der Waals surface area contributed by atoms with Gasteiger partial charge in [-0.3, -0.25) is 4.57 Å². The van der Waals surface area contributed by atoms with Crippen molar-refractivity contribution in [3.8, 4) is 10.8 Å². The first kappa shape index (κ1) is 16.8. The smallest absolute Gasteiger partial charge is 0.236 e. The Morgan fingerprint density at radius 1 is 1.26 bits per heavy atom. The predicted octanol–water partition coefficient (Wildman–Crippen LogP) is 5.11. The summed E-state index contributed by atoms with van der Waals surface area (Å²) >= 11 is 3.27. The lowest BCUT2D eigenvalue weighted by Crippen LogP contribution is -2.05. The second-order valence-electron chi connectivity index (χ2n) is 6.57. The van der Waals surface area contributed by atoms with Crippen molar-refractivity contribution in [2.45, 2.75) is 43.1 Å². The first-order chi connectivity index (χ1) is 13.3. The summed E-state index contributed by atoms with van der Waals surface area (Å²) in [6.45, 7) is 2.62. The van der Waals surface area contributed by atoms with E-state index in [0.29, 0.717) is 24.1 Å². The highest BCUT2D eigenvalue weighted by Crippen LogP contribution is 2.40. The summed E-state index contributed by atoms with van der Waals surface area (Å²) in [5, 5.41) is 11.8. The standard InChI is InChI=1S/C19H18N4O2S2/c1-12-15(20-18(25-12)16-5-3-9-26-16)11-27-19-22-21-17(13-6-7-13)23(19)10-14-4-2-8-24-14/h2-5,8-9,13H,6-7,10-11H2,1H3. The van der Waals surface area contributed by atoms with Crippen LogP contribution in [0.5, 0.6) is 0 Å². The molecule has 1 saturated carbocycles. The molecular weight excluding hydrogens is 380 g/mol. The molecule has 4 aromatic heterocycles. The fourth-order valence-electron chi connectivity index (χ4n) is 2.96. The van der Waals surface area contributed by atoms with Crippen molar-refractivity contribution in [2.24, 2.45) is 0 Å². The number of hydrogen-bond donors (Lipinski definition) is 0. The van der Waals surface area contributed by atoms with Gasteiger partial charge < -0.3 is 8.83 Å². The van der Waals surface area contributed by atoms with Gasteiger partial charge in [0.25, 0.3) is 0 Å². The van der Waals surface area contributed by atoms with E-state index in [1.807, 2.05) is 36.6 Å². The highest BCUT2D eigenvalue weighted by Gasteiger charge is 2.30. The van der Waals surface area contributed by atoms with Gasteiger partial charge in [0.2, 0.25) is 5.89 Å². The van der Waals surface area contributed by atoms with E-state index in [1.165, 1.54) is 12.8 Å². The largest absolute Gasteiger partial charge is 0.467 e. The van der Waals surface area contributed by atoms with Crippen molar-refractivity contribution >= 4 is 23.1 Å². The molecule has 138 valence electrons. The van der Waals surface area contributed by atoms with E-state index in [9.17, 15) is 0 Å². The fourth-order valence-corrected chi connectivity index (χ4v) is 4.55. The van der Waals surface area contributed by atoms with Gasteiger partial charge in [0, 0.05) is 11.7 Å². The maximum absolute atomic E-state index is 5.84. The Morgan fingerprint density at radius 2 is 2.19 bits per heavy atom. The summed E-state index contributed by atoms with van der Waals surface area (Å²) in [7, 11) is 0. The summed E-state index contributed by atoms with van der Waals surface area (Å²) in [4.78, 5) is 5.72. The first-order valence-corrected chi connectivity index (χ1v) is 10.7. The van der Waals surface area contributed by atoms with Crippen molar-refractivity contribution in [3.05, 3.63) is 58.9 Å². The van der Waals surface area contributed by atoms with Crippen LogP contribution in [0.25, 0.3) is 10.8 Å². The normalized spacial score (nSPS) is 14.1. The lowest BCUT2D eigenvalue weighted by molar-refractivity contribution is 0.478. The number of aryl methyl sites for hydroxylation is 1. The SMILES string of the molecule is Cc1oc(-c2cccs2)nc1CSc1nnc(C2CC2)n1Cc1ccco1. The monoisotopic (exact) mass is 398 g/mol. The molecule has 0 N–H and O–H groups in total. The number of aromatic nitrogens is 4. The molecule has 0 aromatic carbocycles. The van der Waals surface area contributed by atoms with Gasteiger partial charge >= 0.3 is 0 Å². The maximum Gasteiger partial charge on any atom is 0.236 e. The third-order valence-electron chi connectivity index (χ3n) is 4.54. The van der Waals surface area contributed by atoms with E-state index in [1.54, 1.807) is 29.4 Å². The van der Waals surface area contributed by atoms with Crippen LogP contribution in [0.3, 0.4) is 0 Å². The van der Waals surface area contributed by atoms with Crippen LogP contribution in [0.2, 0.25) is 0 Å². The van der Waals surface area contributed by atoms with E-state index in [-0.39, 0.29) is 0 Å². The predicted molar refractivity (Wildman–Crippen MR) is 104 cm³/mol. The first-order valence-electron chi connectivity index (χ1n) is 8.86. The maximum atomic E-state index is 5.84. The lowest BCUT2D eigenvalue weighted by Gasteiger charge is -2.07. The Labute approximate surface area is 164 Å². The Balaban J connectivity index is 1.37. The Kier molecular flexibility index (Phi) is 4.37. The molecule has 0 atom stereocenters. The third-order valence-corrected chi connectivity index (χ3v) is 6.38. The minimum atomic E-state index is 0.529. The molecule has 0 amide bonds. The van der Waals surface area contributed by atoms with E-state index >= 15 is 0 Å². The number of thioether (sulfide) groups is 1. The molecule has 0 radical (unpaired) electrons. The van der Waals surface area contributed by atoms with Gasteiger partial charge in [-0.1, -0.05) is 17.8 Å². The second-order valence-corrected chi connectivity index (χ2v) is 8.46. The van der Waals surface area contributed by atoms with Crippen molar-refractivity contribution in [1.82, 2.24) is 19.7 Å². The molecule has 4 aromatic rings. The van der Waals surface area contributed by atoms with Crippen LogP contribution in [-0.2, 0) is 12.3 Å². The highest BCUT2D eigenvalue weighted by atomic mass is 32.2. The van der Waals surface area contributed by atoms with Gasteiger partial charge in [-0.15, -0.1) is 21.5 Å². The van der Waals surface area contributed by atoms with Crippen molar-refractivity contribution in [1.29, 1.82) is 0 Å². The lowest BCUT2D eigenvalue weighted by atomic mass is 10.3. The Hall–Kier alpha value is -2.32. The van der Waals surface area contributed by atoms with E-state index in [2.05, 4.69) is 19.7 Å².